The molecule has 4 nitrogen and oxygen atoms in total. The second-order valence-corrected chi connectivity index (χ2v) is 3.91. The highest BCUT2D eigenvalue weighted by Gasteiger charge is 2.22. The van der Waals surface area contributed by atoms with Crippen LogP contribution in [0.2, 0.25) is 0 Å². The van der Waals surface area contributed by atoms with Crippen molar-refractivity contribution in [2.45, 2.75) is 13.5 Å². The number of rotatable bonds is 3. The lowest BCUT2D eigenvalue weighted by molar-refractivity contribution is -0.118. The summed E-state index contributed by atoms with van der Waals surface area (Å²) in [6.45, 7) is 3.55. The van der Waals surface area contributed by atoms with Gasteiger partial charge in [0, 0.05) is 32.1 Å². The van der Waals surface area contributed by atoms with Gasteiger partial charge < -0.3 is 10.2 Å². The van der Waals surface area contributed by atoms with E-state index in [1.54, 1.807) is 0 Å². The highest BCUT2D eigenvalue weighted by atomic mass is 16.1. The van der Waals surface area contributed by atoms with E-state index in [2.05, 4.69) is 5.32 Å². The maximum absolute atomic E-state index is 10.7. The molecule has 1 amide bonds. The van der Waals surface area contributed by atoms with Gasteiger partial charge >= 0.3 is 0 Å². The third-order valence-corrected chi connectivity index (χ3v) is 2.71. The smallest absolute Gasteiger partial charge is 0.216 e. The Balaban J connectivity index is 1.97. The molecule has 0 spiro atoms. The Morgan fingerprint density at radius 3 is 2.94 bits per heavy atom. The van der Waals surface area contributed by atoms with Crippen LogP contribution in [0.1, 0.15) is 18.1 Å². The summed E-state index contributed by atoms with van der Waals surface area (Å²) in [5.74, 6) is 0.532. The molecule has 2 N–H and O–H groups in total. The third-order valence-electron chi connectivity index (χ3n) is 2.71. The minimum Gasteiger partial charge on any atom is -0.355 e. The second kappa shape index (κ2) is 4.35. The number of hydrogen-bond donors (Lipinski definition) is 2. The fourth-order valence-corrected chi connectivity index (χ4v) is 1.90. The average Bonchev–Trinajstić information content (AvgIpc) is 2.56. The van der Waals surface area contributed by atoms with Crippen molar-refractivity contribution in [3.05, 3.63) is 35.4 Å². The highest BCUT2D eigenvalue weighted by Crippen LogP contribution is 2.21. The first-order valence-corrected chi connectivity index (χ1v) is 5.34. The molecular formula is C12H15N3O. The molecular weight excluding hydrogens is 202 g/mol. The summed E-state index contributed by atoms with van der Waals surface area (Å²) in [5, 5.41) is 10.7. The van der Waals surface area contributed by atoms with Crippen molar-refractivity contribution in [3.8, 4) is 0 Å². The molecule has 1 heterocycles. The van der Waals surface area contributed by atoms with Gasteiger partial charge in [-0.25, -0.2) is 0 Å². The molecule has 0 aromatic heterocycles. The number of amidine groups is 1. The first-order chi connectivity index (χ1) is 7.68. The predicted molar refractivity (Wildman–Crippen MR) is 62.4 cm³/mol. The van der Waals surface area contributed by atoms with Crippen LogP contribution in [0.15, 0.2) is 24.3 Å². The molecule has 0 radical (unpaired) electrons. The lowest BCUT2D eigenvalue weighted by atomic mass is 10.1. The summed E-state index contributed by atoms with van der Waals surface area (Å²) < 4.78 is 0. The van der Waals surface area contributed by atoms with Gasteiger partial charge in [0.15, 0.2) is 0 Å². The van der Waals surface area contributed by atoms with Crippen molar-refractivity contribution in [2.75, 3.05) is 13.1 Å². The van der Waals surface area contributed by atoms with Crippen LogP contribution in [0.3, 0.4) is 0 Å². The Morgan fingerprint density at radius 1 is 1.50 bits per heavy atom. The van der Waals surface area contributed by atoms with E-state index in [1.165, 1.54) is 12.5 Å². The van der Waals surface area contributed by atoms with Gasteiger partial charge in [-0.2, -0.15) is 0 Å². The van der Waals surface area contributed by atoms with Crippen LogP contribution in [0.4, 0.5) is 0 Å². The van der Waals surface area contributed by atoms with Crippen molar-refractivity contribution < 1.29 is 4.79 Å². The van der Waals surface area contributed by atoms with Crippen LogP contribution in [0.25, 0.3) is 0 Å². The van der Waals surface area contributed by atoms with Gasteiger partial charge in [-0.05, 0) is 5.56 Å². The number of fused-ring (bicyclic) bond motifs is 1. The molecule has 1 aromatic carbocycles. The van der Waals surface area contributed by atoms with Crippen molar-refractivity contribution in [1.29, 1.82) is 5.41 Å². The van der Waals surface area contributed by atoms with Gasteiger partial charge in [0.25, 0.3) is 0 Å². The SMILES string of the molecule is CC(=O)NCCN1Cc2ccccc2C1=N. The summed E-state index contributed by atoms with van der Waals surface area (Å²) in [6, 6.07) is 7.95. The molecule has 0 aliphatic carbocycles. The van der Waals surface area contributed by atoms with Crippen molar-refractivity contribution >= 4 is 11.7 Å². The van der Waals surface area contributed by atoms with Gasteiger partial charge in [0.05, 0.1) is 0 Å². The number of amides is 1. The number of carbonyl (C=O) groups excluding carboxylic acids is 1. The first-order valence-electron chi connectivity index (χ1n) is 5.34. The van der Waals surface area contributed by atoms with E-state index in [1.807, 2.05) is 29.2 Å². The molecule has 4 heteroatoms. The van der Waals surface area contributed by atoms with Crippen LogP contribution < -0.4 is 5.32 Å². The summed E-state index contributed by atoms with van der Waals surface area (Å²) in [4.78, 5) is 12.7. The topological polar surface area (TPSA) is 56.2 Å². The zero-order valence-electron chi connectivity index (χ0n) is 9.29. The van der Waals surface area contributed by atoms with Crippen LogP contribution in [-0.2, 0) is 11.3 Å². The number of nitrogens with one attached hydrogen (secondary N) is 2. The van der Waals surface area contributed by atoms with Gasteiger partial charge in [0.1, 0.15) is 5.84 Å². The Labute approximate surface area is 94.8 Å². The average molecular weight is 217 g/mol. The monoisotopic (exact) mass is 217 g/mol. The van der Waals surface area contributed by atoms with Crippen molar-refractivity contribution in [3.63, 3.8) is 0 Å². The van der Waals surface area contributed by atoms with Crippen molar-refractivity contribution in [2.24, 2.45) is 0 Å². The molecule has 1 aliphatic rings. The van der Waals surface area contributed by atoms with E-state index in [9.17, 15) is 4.79 Å². The number of nitrogens with zero attached hydrogens (tertiary/aromatic N) is 1. The highest BCUT2D eigenvalue weighted by molar-refractivity contribution is 6.00. The summed E-state index contributed by atoms with van der Waals surface area (Å²) in [6.07, 6.45) is 0. The third kappa shape index (κ3) is 2.05. The zero-order valence-corrected chi connectivity index (χ0v) is 9.29. The molecule has 0 fully saturated rings. The van der Waals surface area contributed by atoms with E-state index in [0.29, 0.717) is 18.9 Å². The Bertz CT molecular complexity index is 428. The van der Waals surface area contributed by atoms with E-state index in [4.69, 9.17) is 5.41 Å². The fourth-order valence-electron chi connectivity index (χ4n) is 1.90. The van der Waals surface area contributed by atoms with Crippen LogP contribution >= 0.6 is 0 Å². The second-order valence-electron chi connectivity index (χ2n) is 3.91. The quantitative estimate of drug-likeness (QED) is 0.792. The lowest BCUT2D eigenvalue weighted by Gasteiger charge is -2.17. The zero-order chi connectivity index (χ0) is 11.5. The first kappa shape index (κ1) is 10.7. The van der Waals surface area contributed by atoms with Crippen LogP contribution in [0, 0.1) is 5.41 Å². The van der Waals surface area contributed by atoms with Gasteiger partial charge in [-0.1, -0.05) is 24.3 Å². The lowest BCUT2D eigenvalue weighted by Crippen LogP contribution is -2.34. The summed E-state index contributed by atoms with van der Waals surface area (Å²) in [5.41, 5.74) is 2.20. The number of carbonyl (C=O) groups is 1. The van der Waals surface area contributed by atoms with Gasteiger partial charge in [-0.3, -0.25) is 10.2 Å². The molecule has 84 valence electrons. The minimum atomic E-state index is -0.0248. The van der Waals surface area contributed by atoms with Crippen LogP contribution in [0.5, 0.6) is 0 Å². The van der Waals surface area contributed by atoms with E-state index >= 15 is 0 Å². The van der Waals surface area contributed by atoms with Crippen molar-refractivity contribution in [1.82, 2.24) is 10.2 Å². The maximum atomic E-state index is 10.7. The van der Waals surface area contributed by atoms with E-state index in [0.717, 1.165) is 12.1 Å². The number of benzene rings is 1. The molecule has 0 saturated heterocycles. The molecule has 1 aliphatic heterocycles. The summed E-state index contributed by atoms with van der Waals surface area (Å²) >= 11 is 0. The summed E-state index contributed by atoms with van der Waals surface area (Å²) in [7, 11) is 0. The Kier molecular flexibility index (Phi) is 2.90. The molecule has 0 unspecified atom stereocenters. The maximum Gasteiger partial charge on any atom is 0.216 e. The molecule has 0 bridgehead atoms. The van der Waals surface area contributed by atoms with Gasteiger partial charge in [0.2, 0.25) is 5.91 Å². The normalized spacial score (nSPS) is 13.8. The van der Waals surface area contributed by atoms with Crippen LogP contribution in [-0.4, -0.2) is 29.7 Å². The van der Waals surface area contributed by atoms with Gasteiger partial charge in [-0.15, -0.1) is 0 Å². The molecule has 1 aromatic rings. The fraction of sp³-hybridized carbons (Fsp3) is 0.333. The number of hydrogen-bond acceptors (Lipinski definition) is 2. The molecule has 0 saturated carbocycles. The predicted octanol–water partition coefficient (Wildman–Crippen LogP) is 0.964. The molecule has 2 rings (SSSR count). The largest absolute Gasteiger partial charge is 0.355 e. The Hall–Kier alpha value is -1.84. The van der Waals surface area contributed by atoms with E-state index in [-0.39, 0.29) is 5.91 Å². The standard InChI is InChI=1S/C12H15N3O/c1-9(16)14-6-7-15-8-10-4-2-3-5-11(10)12(15)13/h2-5,13H,6-8H2,1H3,(H,14,16). The Morgan fingerprint density at radius 2 is 2.25 bits per heavy atom. The molecule has 0 atom stereocenters. The minimum absolute atomic E-state index is 0.0248. The van der Waals surface area contributed by atoms with E-state index < -0.39 is 0 Å². The molecule has 16 heavy (non-hydrogen) atoms.